The van der Waals surface area contributed by atoms with Crippen molar-refractivity contribution in [2.45, 2.75) is 18.9 Å². The Labute approximate surface area is 137 Å². The lowest BCUT2D eigenvalue weighted by Crippen LogP contribution is -2.42. The molecule has 1 amide bonds. The molecule has 0 spiro atoms. The van der Waals surface area contributed by atoms with Crippen molar-refractivity contribution in [3.63, 3.8) is 0 Å². The van der Waals surface area contributed by atoms with E-state index in [9.17, 15) is 4.79 Å². The Hall–Kier alpha value is -2.12. The van der Waals surface area contributed by atoms with Gasteiger partial charge in [-0.05, 0) is 31.0 Å². The predicted molar refractivity (Wildman–Crippen MR) is 86.8 cm³/mol. The summed E-state index contributed by atoms with van der Waals surface area (Å²) in [6.07, 6.45) is 3.38. The molecule has 1 fully saturated rings. The molecule has 0 bridgehead atoms. The summed E-state index contributed by atoms with van der Waals surface area (Å²) in [7, 11) is 0. The second-order valence-electron chi connectivity index (χ2n) is 5.73. The third-order valence-corrected chi connectivity index (χ3v) is 5.20. The van der Waals surface area contributed by atoms with Crippen molar-refractivity contribution in [1.29, 1.82) is 0 Å². The minimum absolute atomic E-state index is 0.0430. The normalized spacial score (nSPS) is 17.5. The Morgan fingerprint density at radius 1 is 1.26 bits per heavy atom. The van der Waals surface area contributed by atoms with Crippen LogP contribution >= 0.6 is 11.3 Å². The fraction of sp³-hybridized carbons (Fsp3) is 0.375. The van der Waals surface area contributed by atoms with Gasteiger partial charge in [0.2, 0.25) is 6.79 Å². The lowest BCUT2D eigenvalue weighted by atomic mass is 10.1. The molecule has 23 heavy (non-hydrogen) atoms. The number of nitrogens with two attached hydrogens (primary N) is 1. The van der Waals surface area contributed by atoms with Gasteiger partial charge < -0.3 is 20.1 Å². The van der Waals surface area contributed by atoms with Crippen LogP contribution in [0.1, 0.15) is 22.5 Å². The summed E-state index contributed by atoms with van der Waals surface area (Å²) in [5.74, 6) is 1.50. The Morgan fingerprint density at radius 3 is 2.87 bits per heavy atom. The fourth-order valence-corrected chi connectivity index (χ4v) is 3.67. The molecule has 0 radical (unpaired) electrons. The van der Waals surface area contributed by atoms with Gasteiger partial charge in [-0.3, -0.25) is 4.79 Å². The van der Waals surface area contributed by atoms with Crippen molar-refractivity contribution in [2.24, 2.45) is 5.73 Å². The number of likely N-dealkylation sites (tertiary alicyclic amines) is 1. The second kappa shape index (κ2) is 5.82. The summed E-state index contributed by atoms with van der Waals surface area (Å²) in [6.45, 7) is 1.69. The predicted octanol–water partition coefficient (Wildman–Crippen LogP) is 2.10. The van der Waals surface area contributed by atoms with Crippen LogP contribution in [0.3, 0.4) is 0 Å². The minimum atomic E-state index is 0.0430. The molecule has 0 unspecified atom stereocenters. The van der Waals surface area contributed by atoms with Crippen LogP contribution < -0.4 is 15.2 Å². The molecule has 6 nitrogen and oxygen atoms in total. The van der Waals surface area contributed by atoms with Crippen LogP contribution in [0.4, 0.5) is 0 Å². The van der Waals surface area contributed by atoms with Crippen molar-refractivity contribution in [1.82, 2.24) is 9.88 Å². The number of benzene rings is 1. The zero-order chi connectivity index (χ0) is 15.8. The molecule has 4 rings (SSSR count). The first-order valence-electron chi connectivity index (χ1n) is 7.61. The number of carbonyl (C=O) groups is 1. The Balaban J connectivity index is 1.53. The molecule has 0 saturated carbocycles. The van der Waals surface area contributed by atoms with E-state index < -0.39 is 0 Å². The van der Waals surface area contributed by atoms with Crippen LogP contribution in [0.15, 0.2) is 24.4 Å². The van der Waals surface area contributed by atoms with Gasteiger partial charge in [0.1, 0.15) is 9.88 Å². The van der Waals surface area contributed by atoms with E-state index in [0.717, 1.165) is 48.0 Å². The van der Waals surface area contributed by atoms with Crippen LogP contribution in [0.5, 0.6) is 11.5 Å². The lowest BCUT2D eigenvalue weighted by Gasteiger charge is -2.29. The van der Waals surface area contributed by atoms with E-state index in [4.69, 9.17) is 15.2 Å². The average Bonchev–Trinajstić information content (AvgIpc) is 3.23. The molecule has 2 aromatic rings. The summed E-state index contributed by atoms with van der Waals surface area (Å²) < 4.78 is 10.7. The van der Waals surface area contributed by atoms with E-state index in [1.165, 1.54) is 11.3 Å². The highest BCUT2D eigenvalue weighted by Crippen LogP contribution is 2.37. The van der Waals surface area contributed by atoms with Gasteiger partial charge in [0, 0.05) is 24.7 Å². The van der Waals surface area contributed by atoms with Gasteiger partial charge >= 0.3 is 0 Å². The highest BCUT2D eigenvalue weighted by atomic mass is 32.1. The Kier molecular flexibility index (Phi) is 3.66. The third kappa shape index (κ3) is 2.77. The highest BCUT2D eigenvalue weighted by molar-refractivity contribution is 7.16. The standard InChI is InChI=1S/C16H17N3O3S/c17-11-3-5-19(6-4-11)16(20)14-8-18-15(23-14)10-1-2-12-13(7-10)22-9-21-12/h1-2,7-8,11H,3-6,9,17H2. The van der Waals surface area contributed by atoms with Crippen molar-refractivity contribution in [2.75, 3.05) is 19.9 Å². The topological polar surface area (TPSA) is 77.7 Å². The molecule has 7 heteroatoms. The van der Waals surface area contributed by atoms with Crippen LogP contribution in [0.25, 0.3) is 10.6 Å². The summed E-state index contributed by atoms with van der Waals surface area (Å²) >= 11 is 1.40. The molecule has 1 aromatic heterocycles. The van der Waals surface area contributed by atoms with Gasteiger partial charge in [-0.25, -0.2) is 4.98 Å². The third-order valence-electron chi connectivity index (χ3n) is 4.16. The average molecular weight is 331 g/mol. The van der Waals surface area contributed by atoms with E-state index in [0.29, 0.717) is 4.88 Å². The largest absolute Gasteiger partial charge is 0.454 e. The zero-order valence-electron chi connectivity index (χ0n) is 12.5. The van der Waals surface area contributed by atoms with E-state index in [1.54, 1.807) is 6.20 Å². The summed E-state index contributed by atoms with van der Waals surface area (Å²) in [5, 5.41) is 0.806. The number of amides is 1. The number of fused-ring (bicyclic) bond motifs is 1. The summed E-state index contributed by atoms with van der Waals surface area (Å²) in [5.41, 5.74) is 6.82. The number of thiazole rings is 1. The van der Waals surface area contributed by atoms with E-state index >= 15 is 0 Å². The Morgan fingerprint density at radius 2 is 2.04 bits per heavy atom. The van der Waals surface area contributed by atoms with Crippen molar-refractivity contribution in [3.8, 4) is 22.1 Å². The number of hydrogen-bond acceptors (Lipinski definition) is 6. The number of nitrogens with zero attached hydrogens (tertiary/aromatic N) is 2. The number of rotatable bonds is 2. The van der Waals surface area contributed by atoms with Gasteiger partial charge in [0.15, 0.2) is 11.5 Å². The number of hydrogen-bond donors (Lipinski definition) is 1. The van der Waals surface area contributed by atoms with Crippen LogP contribution in [0.2, 0.25) is 0 Å². The van der Waals surface area contributed by atoms with Gasteiger partial charge in [0.25, 0.3) is 5.91 Å². The highest BCUT2D eigenvalue weighted by Gasteiger charge is 2.24. The number of ether oxygens (including phenoxy) is 2. The smallest absolute Gasteiger partial charge is 0.265 e. The molecular formula is C16H17N3O3S. The Bertz CT molecular complexity index is 738. The van der Waals surface area contributed by atoms with Gasteiger partial charge in [-0.15, -0.1) is 11.3 Å². The van der Waals surface area contributed by atoms with Gasteiger partial charge in [-0.1, -0.05) is 0 Å². The SMILES string of the molecule is NC1CCN(C(=O)c2cnc(-c3ccc4c(c3)OCO4)s2)CC1. The van der Waals surface area contributed by atoms with Crippen molar-refractivity contribution < 1.29 is 14.3 Å². The maximum absolute atomic E-state index is 12.5. The first-order chi connectivity index (χ1) is 11.2. The first-order valence-corrected chi connectivity index (χ1v) is 8.43. The molecule has 0 aliphatic carbocycles. The molecule has 2 aliphatic heterocycles. The molecule has 0 atom stereocenters. The van der Waals surface area contributed by atoms with Crippen LogP contribution in [-0.4, -0.2) is 41.7 Å². The van der Waals surface area contributed by atoms with E-state index in [1.807, 2.05) is 23.1 Å². The number of aromatic nitrogens is 1. The lowest BCUT2D eigenvalue weighted by molar-refractivity contribution is 0.0719. The van der Waals surface area contributed by atoms with Crippen molar-refractivity contribution >= 4 is 17.2 Å². The number of piperidine rings is 1. The van der Waals surface area contributed by atoms with Crippen molar-refractivity contribution in [3.05, 3.63) is 29.3 Å². The second-order valence-corrected chi connectivity index (χ2v) is 6.76. The monoisotopic (exact) mass is 331 g/mol. The van der Waals surface area contributed by atoms with E-state index in [2.05, 4.69) is 4.98 Å². The molecule has 3 heterocycles. The van der Waals surface area contributed by atoms with Gasteiger partial charge in [-0.2, -0.15) is 0 Å². The van der Waals surface area contributed by atoms with Crippen LogP contribution in [-0.2, 0) is 0 Å². The molecule has 2 aliphatic rings. The summed E-state index contributed by atoms with van der Waals surface area (Å²) in [4.78, 5) is 19.5. The fourth-order valence-electron chi connectivity index (χ4n) is 2.79. The zero-order valence-corrected chi connectivity index (χ0v) is 13.3. The summed E-state index contributed by atoms with van der Waals surface area (Å²) in [6, 6.07) is 5.91. The molecule has 120 valence electrons. The van der Waals surface area contributed by atoms with E-state index in [-0.39, 0.29) is 18.7 Å². The maximum Gasteiger partial charge on any atom is 0.265 e. The minimum Gasteiger partial charge on any atom is -0.454 e. The van der Waals surface area contributed by atoms with Crippen LogP contribution in [0, 0.1) is 0 Å². The molecular weight excluding hydrogens is 314 g/mol. The molecule has 1 aromatic carbocycles. The molecule has 2 N–H and O–H groups in total. The number of carbonyl (C=O) groups excluding carboxylic acids is 1. The first kappa shape index (κ1) is 14.5. The molecule has 1 saturated heterocycles. The maximum atomic E-state index is 12.5. The quantitative estimate of drug-likeness (QED) is 0.912. The van der Waals surface area contributed by atoms with Gasteiger partial charge in [0.05, 0.1) is 6.20 Å².